The first-order valence-corrected chi connectivity index (χ1v) is 11.9. The Morgan fingerprint density at radius 2 is 1.97 bits per heavy atom. The quantitative estimate of drug-likeness (QED) is 0.275. The minimum Gasteiger partial charge on any atom is -0.496 e. The van der Waals surface area contributed by atoms with Crippen LogP contribution in [0.3, 0.4) is 0 Å². The molecule has 0 aliphatic rings. The third-order valence-corrected chi connectivity index (χ3v) is 6.64. The van der Waals surface area contributed by atoms with Crippen molar-refractivity contribution in [3.8, 4) is 16.3 Å². The Balaban J connectivity index is 1.60. The zero-order valence-electron chi connectivity index (χ0n) is 17.0. The van der Waals surface area contributed by atoms with E-state index in [2.05, 4.69) is 26.6 Å². The van der Waals surface area contributed by atoms with Crippen LogP contribution in [-0.2, 0) is 0 Å². The molecule has 0 aliphatic carbocycles. The predicted molar refractivity (Wildman–Crippen MR) is 139 cm³/mol. The molecule has 2 N–H and O–H groups in total. The molecule has 3 aromatic carbocycles. The summed E-state index contributed by atoms with van der Waals surface area (Å²) in [6.07, 6.45) is 0. The molecule has 1 aromatic heterocycles. The number of benzene rings is 3. The van der Waals surface area contributed by atoms with Gasteiger partial charge in [-0.25, -0.2) is 4.98 Å². The highest BCUT2D eigenvalue weighted by molar-refractivity contribution is 9.10. The number of amides is 1. The van der Waals surface area contributed by atoms with Crippen LogP contribution >= 0.6 is 51.1 Å². The van der Waals surface area contributed by atoms with Crippen LogP contribution in [0, 0.1) is 6.92 Å². The topological polar surface area (TPSA) is 63.2 Å². The van der Waals surface area contributed by atoms with Gasteiger partial charge in [-0.2, -0.15) is 0 Å². The third-order valence-electron chi connectivity index (χ3n) is 4.67. The number of anilines is 1. The van der Waals surface area contributed by atoms with Crippen LogP contribution in [0.4, 0.5) is 5.69 Å². The van der Waals surface area contributed by atoms with Crippen molar-refractivity contribution < 1.29 is 9.53 Å². The van der Waals surface area contributed by atoms with Gasteiger partial charge >= 0.3 is 0 Å². The molecule has 162 valence electrons. The summed E-state index contributed by atoms with van der Waals surface area (Å²) in [5.41, 5.74) is 3.61. The molecule has 0 bridgehead atoms. The molecule has 1 amide bonds. The van der Waals surface area contributed by atoms with Gasteiger partial charge in [0, 0.05) is 15.1 Å². The Labute approximate surface area is 207 Å². The summed E-state index contributed by atoms with van der Waals surface area (Å²) in [6.45, 7) is 1.87. The second kappa shape index (κ2) is 9.54. The van der Waals surface area contributed by atoms with Gasteiger partial charge in [-0.15, -0.1) is 11.3 Å². The van der Waals surface area contributed by atoms with Gasteiger partial charge in [-0.3, -0.25) is 10.1 Å². The lowest BCUT2D eigenvalue weighted by Gasteiger charge is -2.15. The fourth-order valence-electron chi connectivity index (χ4n) is 3.28. The average molecular weight is 547 g/mol. The van der Waals surface area contributed by atoms with Crippen molar-refractivity contribution in [2.24, 2.45) is 0 Å². The van der Waals surface area contributed by atoms with Crippen LogP contribution in [0.2, 0.25) is 5.02 Å². The lowest BCUT2D eigenvalue weighted by atomic mass is 10.1. The van der Waals surface area contributed by atoms with Gasteiger partial charge in [0.1, 0.15) is 10.8 Å². The molecule has 4 rings (SSSR count). The molecule has 0 saturated heterocycles. The minimum absolute atomic E-state index is 0.152. The number of carbonyl (C=O) groups is 1. The van der Waals surface area contributed by atoms with E-state index in [1.54, 1.807) is 23.5 Å². The van der Waals surface area contributed by atoms with E-state index >= 15 is 0 Å². The van der Waals surface area contributed by atoms with Crippen molar-refractivity contribution in [3.63, 3.8) is 0 Å². The summed E-state index contributed by atoms with van der Waals surface area (Å²) >= 11 is 16.7. The Kier molecular flexibility index (Phi) is 6.76. The fraction of sp³-hybridized carbons (Fsp3) is 0.0870. The number of aryl methyl sites for hydroxylation is 1. The van der Waals surface area contributed by atoms with Crippen molar-refractivity contribution in [1.29, 1.82) is 0 Å². The number of rotatable bonds is 4. The van der Waals surface area contributed by atoms with E-state index in [9.17, 15) is 4.79 Å². The van der Waals surface area contributed by atoms with Crippen molar-refractivity contribution >= 4 is 78.0 Å². The fourth-order valence-corrected chi connectivity index (χ4v) is 5.23. The number of hydrogen-bond acceptors (Lipinski definition) is 5. The van der Waals surface area contributed by atoms with Crippen LogP contribution < -0.4 is 15.4 Å². The number of nitrogens with zero attached hydrogens (tertiary/aromatic N) is 1. The number of thiazole rings is 1. The Hall–Kier alpha value is -2.52. The summed E-state index contributed by atoms with van der Waals surface area (Å²) < 4.78 is 7.25. The van der Waals surface area contributed by atoms with Crippen molar-refractivity contribution in [3.05, 3.63) is 75.2 Å². The largest absolute Gasteiger partial charge is 0.496 e. The summed E-state index contributed by atoms with van der Waals surface area (Å²) in [4.78, 5) is 17.6. The Bertz CT molecular complexity index is 1320. The molecule has 0 radical (unpaired) electrons. The van der Waals surface area contributed by atoms with Gasteiger partial charge in [0.25, 0.3) is 5.91 Å². The smallest absolute Gasteiger partial charge is 0.261 e. The number of para-hydroxylation sites is 1. The molecule has 1 heterocycles. The molecular formula is C23H17BrClN3O2S2. The standard InChI is InChI=1S/C23H17BrClN3O2S2/c1-12-9-13(24)10-16(20(12)30-2)21(29)28-23(31)27-17-8-7-14(25)11-15(17)22-26-18-5-3-4-6-19(18)32-22/h3-11H,1-2H3,(H2,27,28,29,31). The van der Waals surface area contributed by atoms with Crippen molar-refractivity contribution in [2.75, 3.05) is 12.4 Å². The molecule has 0 unspecified atom stereocenters. The first-order valence-electron chi connectivity index (χ1n) is 9.47. The van der Waals surface area contributed by atoms with Crippen LogP contribution in [0.25, 0.3) is 20.8 Å². The number of thiocarbonyl (C=S) groups is 1. The summed E-state index contributed by atoms with van der Waals surface area (Å²) in [5.74, 6) is 0.120. The number of methoxy groups -OCH3 is 1. The highest BCUT2D eigenvalue weighted by Crippen LogP contribution is 2.36. The van der Waals surface area contributed by atoms with Gasteiger partial charge in [0.2, 0.25) is 0 Å². The zero-order valence-corrected chi connectivity index (χ0v) is 21.0. The van der Waals surface area contributed by atoms with E-state index in [0.29, 0.717) is 22.0 Å². The number of aromatic nitrogens is 1. The summed E-state index contributed by atoms with van der Waals surface area (Å²) in [7, 11) is 1.53. The number of hydrogen-bond donors (Lipinski definition) is 2. The van der Waals surface area contributed by atoms with Gasteiger partial charge in [-0.05, 0) is 67.2 Å². The molecular weight excluding hydrogens is 530 g/mol. The highest BCUT2D eigenvalue weighted by atomic mass is 79.9. The first-order chi connectivity index (χ1) is 15.4. The second-order valence-corrected chi connectivity index (χ2v) is 9.68. The summed E-state index contributed by atoms with van der Waals surface area (Å²) in [6, 6.07) is 16.9. The molecule has 9 heteroatoms. The van der Waals surface area contributed by atoms with E-state index < -0.39 is 0 Å². The maximum absolute atomic E-state index is 12.9. The van der Waals surface area contributed by atoms with Crippen molar-refractivity contribution in [1.82, 2.24) is 10.3 Å². The lowest BCUT2D eigenvalue weighted by molar-refractivity contribution is 0.0974. The predicted octanol–water partition coefficient (Wildman–Crippen LogP) is 6.82. The molecule has 0 fully saturated rings. The van der Waals surface area contributed by atoms with Crippen LogP contribution in [0.15, 0.2) is 59.1 Å². The number of nitrogens with one attached hydrogen (secondary N) is 2. The average Bonchev–Trinajstić information content (AvgIpc) is 3.18. The molecule has 32 heavy (non-hydrogen) atoms. The van der Waals surface area contributed by atoms with Crippen molar-refractivity contribution in [2.45, 2.75) is 6.92 Å². The van der Waals surface area contributed by atoms with E-state index in [0.717, 1.165) is 30.8 Å². The zero-order chi connectivity index (χ0) is 22.8. The maximum Gasteiger partial charge on any atom is 0.261 e. The van der Waals surface area contributed by atoms with E-state index in [1.165, 1.54) is 7.11 Å². The van der Waals surface area contributed by atoms with Gasteiger partial charge in [0.05, 0.1) is 28.6 Å². The number of fused-ring (bicyclic) bond motifs is 1. The summed E-state index contributed by atoms with van der Waals surface area (Å²) in [5, 5.41) is 7.36. The number of halogens is 2. The second-order valence-electron chi connectivity index (χ2n) is 6.89. The normalized spacial score (nSPS) is 10.8. The lowest BCUT2D eigenvalue weighted by Crippen LogP contribution is -2.34. The van der Waals surface area contributed by atoms with Gasteiger partial charge in [-0.1, -0.05) is 39.7 Å². The first kappa shape index (κ1) is 22.7. The molecule has 0 atom stereocenters. The number of carbonyl (C=O) groups excluding carboxylic acids is 1. The van der Waals surface area contributed by atoms with Gasteiger partial charge in [0.15, 0.2) is 5.11 Å². The van der Waals surface area contributed by atoms with E-state index in [1.807, 2.05) is 49.4 Å². The monoisotopic (exact) mass is 545 g/mol. The Morgan fingerprint density at radius 3 is 2.72 bits per heavy atom. The molecule has 0 saturated carbocycles. The van der Waals surface area contributed by atoms with Crippen LogP contribution in [-0.4, -0.2) is 23.1 Å². The molecule has 4 aromatic rings. The molecule has 0 aliphatic heterocycles. The highest BCUT2D eigenvalue weighted by Gasteiger charge is 2.18. The van der Waals surface area contributed by atoms with Gasteiger partial charge < -0.3 is 10.1 Å². The number of ether oxygens (including phenoxy) is 1. The van der Waals surface area contributed by atoms with Crippen LogP contribution in [0.5, 0.6) is 5.75 Å². The molecule has 0 spiro atoms. The SMILES string of the molecule is COc1c(C)cc(Br)cc1C(=O)NC(=S)Nc1ccc(Cl)cc1-c1nc2ccccc2s1. The minimum atomic E-state index is -0.376. The molecule has 5 nitrogen and oxygen atoms in total. The Morgan fingerprint density at radius 1 is 1.19 bits per heavy atom. The van der Waals surface area contributed by atoms with Crippen LogP contribution in [0.1, 0.15) is 15.9 Å². The maximum atomic E-state index is 12.9. The van der Waals surface area contributed by atoms with E-state index in [-0.39, 0.29) is 11.0 Å². The van der Waals surface area contributed by atoms with E-state index in [4.69, 9.17) is 33.5 Å². The third kappa shape index (κ3) is 4.78.